The first-order valence-electron chi connectivity index (χ1n) is 7.56. The van der Waals surface area contributed by atoms with Crippen LogP contribution in [0.2, 0.25) is 0 Å². The molecule has 1 unspecified atom stereocenters. The number of hydrogen-bond donors (Lipinski definition) is 1. The molecule has 1 aliphatic carbocycles. The Kier molecular flexibility index (Phi) is 4.06. The number of hydrogen-bond acceptors (Lipinski definition) is 3. The predicted octanol–water partition coefficient (Wildman–Crippen LogP) is 4.92. The van der Waals surface area contributed by atoms with Gasteiger partial charge in [0.15, 0.2) is 0 Å². The number of thiazole rings is 1. The third-order valence-corrected chi connectivity index (χ3v) is 5.42. The number of nitrogen functional groups attached to an aromatic ring is 1. The summed E-state index contributed by atoms with van der Waals surface area (Å²) in [5.74, 6) is 0.928. The average molecular weight is 286 g/mol. The molecule has 1 aliphatic rings. The second-order valence-electron chi connectivity index (χ2n) is 5.77. The SMILES string of the molecule is CC(c1ccccc1)c1nc(C2CCCCC2)sc1N. The Balaban J connectivity index is 1.85. The number of anilines is 1. The van der Waals surface area contributed by atoms with E-state index in [1.165, 1.54) is 42.7 Å². The van der Waals surface area contributed by atoms with E-state index in [2.05, 4.69) is 31.2 Å². The summed E-state index contributed by atoms with van der Waals surface area (Å²) >= 11 is 1.71. The molecule has 0 aliphatic heterocycles. The van der Waals surface area contributed by atoms with Crippen molar-refractivity contribution in [3.05, 3.63) is 46.6 Å². The monoisotopic (exact) mass is 286 g/mol. The summed E-state index contributed by atoms with van der Waals surface area (Å²) in [5, 5.41) is 2.17. The van der Waals surface area contributed by atoms with E-state index in [0.29, 0.717) is 5.92 Å². The van der Waals surface area contributed by atoms with Crippen LogP contribution in [0, 0.1) is 0 Å². The topological polar surface area (TPSA) is 38.9 Å². The Labute approximate surface area is 125 Å². The van der Waals surface area contributed by atoms with Gasteiger partial charge in [0.05, 0.1) is 10.7 Å². The lowest BCUT2D eigenvalue weighted by Crippen LogP contribution is -2.05. The summed E-state index contributed by atoms with van der Waals surface area (Å²) in [7, 11) is 0. The van der Waals surface area contributed by atoms with Gasteiger partial charge in [-0.3, -0.25) is 0 Å². The van der Waals surface area contributed by atoms with E-state index >= 15 is 0 Å². The van der Waals surface area contributed by atoms with E-state index in [1.807, 2.05) is 6.07 Å². The van der Waals surface area contributed by atoms with Gasteiger partial charge in [-0.2, -0.15) is 0 Å². The van der Waals surface area contributed by atoms with Gasteiger partial charge in [0, 0.05) is 11.8 Å². The number of rotatable bonds is 3. The number of benzene rings is 1. The van der Waals surface area contributed by atoms with Crippen molar-refractivity contribution in [2.24, 2.45) is 0 Å². The van der Waals surface area contributed by atoms with Crippen molar-refractivity contribution >= 4 is 16.3 Å². The third kappa shape index (κ3) is 2.73. The highest BCUT2D eigenvalue weighted by Crippen LogP contribution is 2.39. The Bertz CT molecular complexity index is 556. The normalized spacial score (nSPS) is 18.1. The molecule has 0 saturated heterocycles. The van der Waals surface area contributed by atoms with Gasteiger partial charge in [-0.15, -0.1) is 11.3 Å². The summed E-state index contributed by atoms with van der Waals surface area (Å²) in [6, 6.07) is 10.5. The molecule has 2 nitrogen and oxygen atoms in total. The molecule has 0 radical (unpaired) electrons. The van der Waals surface area contributed by atoms with Crippen LogP contribution in [0.25, 0.3) is 0 Å². The highest BCUT2D eigenvalue weighted by Gasteiger charge is 2.23. The summed E-state index contributed by atoms with van der Waals surface area (Å²) in [6.07, 6.45) is 6.63. The first kappa shape index (κ1) is 13.6. The molecule has 0 spiro atoms. The fourth-order valence-corrected chi connectivity index (χ4v) is 4.19. The van der Waals surface area contributed by atoms with Crippen molar-refractivity contribution in [1.82, 2.24) is 4.98 Å². The van der Waals surface area contributed by atoms with Crippen molar-refractivity contribution in [1.29, 1.82) is 0 Å². The highest BCUT2D eigenvalue weighted by molar-refractivity contribution is 7.15. The molecule has 1 heterocycles. The maximum absolute atomic E-state index is 6.24. The number of aromatic nitrogens is 1. The Morgan fingerprint density at radius 2 is 1.85 bits per heavy atom. The van der Waals surface area contributed by atoms with E-state index in [4.69, 9.17) is 10.7 Å². The van der Waals surface area contributed by atoms with Crippen LogP contribution in [-0.4, -0.2) is 4.98 Å². The molecule has 0 amide bonds. The maximum Gasteiger partial charge on any atom is 0.110 e. The summed E-state index contributed by atoms with van der Waals surface area (Å²) in [6.45, 7) is 2.20. The zero-order valence-electron chi connectivity index (χ0n) is 12.0. The fraction of sp³-hybridized carbons (Fsp3) is 0.471. The maximum atomic E-state index is 6.24. The summed E-state index contributed by atoms with van der Waals surface area (Å²) in [5.41, 5.74) is 8.60. The van der Waals surface area contributed by atoms with Gasteiger partial charge in [-0.1, -0.05) is 56.5 Å². The van der Waals surface area contributed by atoms with Crippen LogP contribution in [0.5, 0.6) is 0 Å². The molecule has 1 aromatic heterocycles. The molecule has 0 bridgehead atoms. The minimum absolute atomic E-state index is 0.282. The van der Waals surface area contributed by atoms with Crippen molar-refractivity contribution in [3.63, 3.8) is 0 Å². The second-order valence-corrected chi connectivity index (χ2v) is 6.83. The van der Waals surface area contributed by atoms with Gasteiger partial charge in [0.1, 0.15) is 5.00 Å². The van der Waals surface area contributed by atoms with Gasteiger partial charge >= 0.3 is 0 Å². The largest absolute Gasteiger partial charge is 0.389 e. The molecule has 3 heteroatoms. The Morgan fingerprint density at radius 1 is 1.15 bits per heavy atom. The minimum atomic E-state index is 0.282. The zero-order chi connectivity index (χ0) is 13.9. The molecule has 1 atom stereocenters. The number of nitrogens with two attached hydrogens (primary N) is 1. The van der Waals surface area contributed by atoms with Gasteiger partial charge in [-0.25, -0.2) is 4.98 Å². The van der Waals surface area contributed by atoms with Gasteiger partial charge < -0.3 is 5.73 Å². The lowest BCUT2D eigenvalue weighted by molar-refractivity contribution is 0.442. The lowest BCUT2D eigenvalue weighted by atomic mass is 9.90. The first-order valence-corrected chi connectivity index (χ1v) is 8.38. The third-order valence-electron chi connectivity index (χ3n) is 4.36. The molecule has 2 N–H and O–H groups in total. The first-order chi connectivity index (χ1) is 9.75. The van der Waals surface area contributed by atoms with Gasteiger partial charge in [-0.05, 0) is 18.4 Å². The molecule has 1 fully saturated rings. The van der Waals surface area contributed by atoms with Crippen LogP contribution in [0.15, 0.2) is 30.3 Å². The molecule has 1 saturated carbocycles. The second kappa shape index (κ2) is 5.96. The predicted molar refractivity (Wildman–Crippen MR) is 86.3 cm³/mol. The van der Waals surface area contributed by atoms with E-state index in [-0.39, 0.29) is 5.92 Å². The van der Waals surface area contributed by atoms with Gasteiger partial charge in [0.25, 0.3) is 0 Å². The smallest absolute Gasteiger partial charge is 0.110 e. The van der Waals surface area contributed by atoms with E-state index in [9.17, 15) is 0 Å². The Morgan fingerprint density at radius 3 is 2.55 bits per heavy atom. The van der Waals surface area contributed by atoms with E-state index in [1.54, 1.807) is 11.3 Å². The van der Waals surface area contributed by atoms with Crippen LogP contribution < -0.4 is 5.73 Å². The zero-order valence-corrected chi connectivity index (χ0v) is 12.8. The van der Waals surface area contributed by atoms with Crippen LogP contribution in [0.1, 0.15) is 67.1 Å². The highest BCUT2D eigenvalue weighted by atomic mass is 32.1. The average Bonchev–Trinajstić information content (AvgIpc) is 2.90. The molecular formula is C17H22N2S. The molecule has 1 aromatic carbocycles. The van der Waals surface area contributed by atoms with E-state index in [0.717, 1.165) is 10.7 Å². The molecule has 106 valence electrons. The quantitative estimate of drug-likeness (QED) is 0.869. The fourth-order valence-electron chi connectivity index (χ4n) is 3.10. The lowest BCUT2D eigenvalue weighted by Gasteiger charge is -2.19. The standard InChI is InChI=1S/C17H22N2S/c1-12(13-8-4-2-5-9-13)15-16(18)20-17(19-15)14-10-6-3-7-11-14/h2,4-5,8-9,12,14H,3,6-7,10-11,18H2,1H3. The van der Waals surface area contributed by atoms with Crippen molar-refractivity contribution < 1.29 is 0 Å². The molecule has 20 heavy (non-hydrogen) atoms. The molecular weight excluding hydrogens is 264 g/mol. The molecule has 2 aromatic rings. The van der Waals surface area contributed by atoms with Crippen molar-refractivity contribution in [2.75, 3.05) is 5.73 Å². The summed E-state index contributed by atoms with van der Waals surface area (Å²) < 4.78 is 0. The van der Waals surface area contributed by atoms with Crippen molar-refractivity contribution in [3.8, 4) is 0 Å². The van der Waals surface area contributed by atoms with Crippen LogP contribution >= 0.6 is 11.3 Å². The minimum Gasteiger partial charge on any atom is -0.389 e. The molecule has 3 rings (SSSR count). The Hall–Kier alpha value is -1.35. The van der Waals surface area contributed by atoms with Crippen LogP contribution in [-0.2, 0) is 0 Å². The van der Waals surface area contributed by atoms with Crippen LogP contribution in [0.3, 0.4) is 0 Å². The van der Waals surface area contributed by atoms with Crippen LogP contribution in [0.4, 0.5) is 5.00 Å². The number of nitrogens with zero attached hydrogens (tertiary/aromatic N) is 1. The van der Waals surface area contributed by atoms with Crippen molar-refractivity contribution in [2.45, 2.75) is 50.9 Å². The summed E-state index contributed by atoms with van der Waals surface area (Å²) in [4.78, 5) is 4.90. The van der Waals surface area contributed by atoms with E-state index < -0.39 is 0 Å². The van der Waals surface area contributed by atoms with Gasteiger partial charge in [0.2, 0.25) is 0 Å².